The van der Waals surface area contributed by atoms with Gasteiger partial charge in [-0.2, -0.15) is 0 Å². The van der Waals surface area contributed by atoms with Crippen molar-refractivity contribution >= 4 is 34.4 Å². The summed E-state index contributed by atoms with van der Waals surface area (Å²) in [4.78, 5) is 35.1. The quantitative estimate of drug-likeness (QED) is 0.241. The molecule has 0 spiro atoms. The number of carbonyl (C=O) groups is 2. The number of nitrogens with zero attached hydrogens (tertiary/aromatic N) is 2. The number of aliphatic hydroxyl groups excluding tert-OH is 1. The Morgan fingerprint density at radius 1 is 1.09 bits per heavy atom. The number of phenolic OH excluding ortho intramolecular Hbond substituents is 1. The minimum absolute atomic E-state index is 0.0174. The lowest BCUT2D eigenvalue weighted by Crippen LogP contribution is -2.30. The Morgan fingerprint density at radius 3 is 2.53 bits per heavy atom. The van der Waals surface area contributed by atoms with Gasteiger partial charge in [0.05, 0.1) is 35.3 Å². The summed E-state index contributed by atoms with van der Waals surface area (Å²) in [6, 6.07) is 15.3. The molecule has 1 atom stereocenters. The van der Waals surface area contributed by atoms with Crippen LogP contribution in [0.3, 0.4) is 0 Å². The zero-order chi connectivity index (χ0) is 24.0. The lowest BCUT2D eigenvalue weighted by Gasteiger charge is -2.23. The number of fused-ring (bicyclic) bond motifs is 1. The van der Waals surface area contributed by atoms with Crippen LogP contribution in [0.1, 0.15) is 17.2 Å². The summed E-state index contributed by atoms with van der Waals surface area (Å²) in [5.74, 6) is -2.93. The third-order valence-corrected chi connectivity index (χ3v) is 5.67. The van der Waals surface area contributed by atoms with Crippen LogP contribution in [0.15, 0.2) is 72.3 Å². The molecule has 4 aromatic rings. The second-order valence-electron chi connectivity index (χ2n) is 7.68. The van der Waals surface area contributed by atoms with E-state index in [1.54, 1.807) is 24.3 Å². The number of rotatable bonds is 4. The van der Waals surface area contributed by atoms with Crippen molar-refractivity contribution in [2.75, 3.05) is 12.0 Å². The number of imidazole rings is 1. The first-order chi connectivity index (χ1) is 16.4. The molecule has 170 valence electrons. The number of phenols is 1. The van der Waals surface area contributed by atoms with Gasteiger partial charge >= 0.3 is 5.91 Å². The molecule has 34 heavy (non-hydrogen) atoms. The van der Waals surface area contributed by atoms with E-state index in [0.717, 1.165) is 17.0 Å². The Bertz CT molecular complexity index is 1440. The predicted octanol–water partition coefficient (Wildman–Crippen LogP) is 4.04. The Hall–Kier alpha value is -4.66. The Morgan fingerprint density at radius 2 is 1.82 bits per heavy atom. The van der Waals surface area contributed by atoms with Crippen molar-refractivity contribution in [3.05, 3.63) is 89.2 Å². The van der Waals surface area contributed by atoms with Crippen molar-refractivity contribution in [2.24, 2.45) is 0 Å². The van der Waals surface area contributed by atoms with Gasteiger partial charge in [-0.05, 0) is 48.0 Å². The molecule has 1 saturated heterocycles. The van der Waals surface area contributed by atoms with Gasteiger partial charge in [-0.3, -0.25) is 14.5 Å². The first-order valence-electron chi connectivity index (χ1n) is 10.3. The lowest BCUT2D eigenvalue weighted by atomic mass is 9.95. The number of halogens is 1. The zero-order valence-electron chi connectivity index (χ0n) is 17.8. The van der Waals surface area contributed by atoms with Gasteiger partial charge in [0.25, 0.3) is 5.78 Å². The second kappa shape index (κ2) is 8.04. The van der Waals surface area contributed by atoms with Crippen LogP contribution < -0.4 is 9.64 Å². The van der Waals surface area contributed by atoms with E-state index in [4.69, 9.17) is 4.74 Å². The number of amides is 1. The summed E-state index contributed by atoms with van der Waals surface area (Å²) < 4.78 is 19.3. The van der Waals surface area contributed by atoms with E-state index in [-0.39, 0.29) is 28.6 Å². The summed E-state index contributed by atoms with van der Waals surface area (Å²) in [6.45, 7) is 0. The number of carbonyl (C=O) groups excluding carboxylic acids is 2. The number of aliphatic hydroxyl groups is 1. The van der Waals surface area contributed by atoms with E-state index in [1.165, 1.54) is 37.4 Å². The van der Waals surface area contributed by atoms with Gasteiger partial charge in [0.1, 0.15) is 23.1 Å². The summed E-state index contributed by atoms with van der Waals surface area (Å²) >= 11 is 0. The van der Waals surface area contributed by atoms with E-state index in [1.807, 2.05) is 0 Å². The minimum Gasteiger partial charge on any atom is -0.508 e. The van der Waals surface area contributed by atoms with Crippen molar-refractivity contribution in [1.82, 2.24) is 9.97 Å². The number of para-hydroxylation sites is 2. The number of hydrogen-bond acceptors (Lipinski definition) is 6. The van der Waals surface area contributed by atoms with Crippen molar-refractivity contribution in [2.45, 2.75) is 6.04 Å². The van der Waals surface area contributed by atoms with Crippen molar-refractivity contribution in [3.63, 3.8) is 0 Å². The molecule has 0 bridgehead atoms. The van der Waals surface area contributed by atoms with Crippen molar-refractivity contribution in [3.8, 4) is 11.5 Å². The third-order valence-electron chi connectivity index (χ3n) is 5.67. The van der Waals surface area contributed by atoms with Crippen LogP contribution in [0, 0.1) is 5.82 Å². The van der Waals surface area contributed by atoms with E-state index in [0.29, 0.717) is 16.6 Å². The van der Waals surface area contributed by atoms with Gasteiger partial charge in [-0.15, -0.1) is 0 Å². The number of H-pyrrole nitrogens is 1. The monoisotopic (exact) mass is 459 g/mol. The van der Waals surface area contributed by atoms with Crippen molar-refractivity contribution < 1.29 is 28.9 Å². The van der Waals surface area contributed by atoms with Crippen LogP contribution in [0.4, 0.5) is 10.3 Å². The van der Waals surface area contributed by atoms with E-state index >= 15 is 0 Å². The van der Waals surface area contributed by atoms with Gasteiger partial charge in [0.15, 0.2) is 0 Å². The molecule has 1 aliphatic rings. The number of aromatic amines is 1. The highest BCUT2D eigenvalue weighted by molar-refractivity contribution is 6.51. The van der Waals surface area contributed by atoms with Crippen LogP contribution >= 0.6 is 0 Å². The zero-order valence-corrected chi connectivity index (χ0v) is 17.8. The number of aromatic nitrogens is 2. The maximum Gasteiger partial charge on any atom is 0.302 e. The molecule has 1 amide bonds. The Labute approximate surface area is 192 Å². The highest BCUT2D eigenvalue weighted by Gasteiger charge is 2.48. The molecule has 8 nitrogen and oxygen atoms in total. The van der Waals surface area contributed by atoms with Gasteiger partial charge in [-0.25, -0.2) is 9.37 Å². The SMILES string of the molecule is COc1ccc(F)cc1/C(O)=C1\C(=O)C(=O)N(c2nc3ccccc3[nH]2)C1c1ccc(O)cc1. The molecule has 3 N–H and O–H groups in total. The maximum atomic E-state index is 14.0. The summed E-state index contributed by atoms with van der Waals surface area (Å²) in [6.07, 6.45) is 0. The number of Topliss-reactive ketones (excluding diaryl/α,β-unsaturated/α-hetero) is 1. The summed E-state index contributed by atoms with van der Waals surface area (Å²) in [7, 11) is 1.34. The second-order valence-corrected chi connectivity index (χ2v) is 7.68. The normalized spacial score (nSPS) is 17.5. The fourth-order valence-electron chi connectivity index (χ4n) is 4.09. The summed E-state index contributed by atoms with van der Waals surface area (Å²) in [5, 5.41) is 20.9. The fourth-order valence-corrected chi connectivity index (χ4v) is 4.09. The minimum atomic E-state index is -1.10. The molecule has 0 saturated carbocycles. The number of methoxy groups -OCH3 is 1. The van der Waals surface area contributed by atoms with Crippen LogP contribution in [0.5, 0.6) is 11.5 Å². The molecule has 1 aromatic heterocycles. The third kappa shape index (κ3) is 3.34. The summed E-state index contributed by atoms with van der Waals surface area (Å²) in [5.41, 5.74) is 1.31. The molecule has 1 unspecified atom stereocenters. The highest BCUT2D eigenvalue weighted by Crippen LogP contribution is 2.43. The molecule has 5 rings (SSSR count). The topological polar surface area (TPSA) is 116 Å². The maximum absolute atomic E-state index is 14.0. The number of benzene rings is 3. The number of ketones is 1. The molecule has 1 fully saturated rings. The van der Waals surface area contributed by atoms with Crippen molar-refractivity contribution in [1.29, 1.82) is 0 Å². The molecule has 0 radical (unpaired) electrons. The van der Waals surface area contributed by atoms with Gasteiger partial charge in [0.2, 0.25) is 5.95 Å². The van der Waals surface area contributed by atoms with E-state index in [9.17, 15) is 24.2 Å². The Balaban J connectivity index is 1.76. The largest absolute Gasteiger partial charge is 0.508 e. The lowest BCUT2D eigenvalue weighted by molar-refractivity contribution is -0.132. The predicted molar refractivity (Wildman–Crippen MR) is 122 cm³/mol. The number of hydrogen-bond donors (Lipinski definition) is 3. The molecule has 2 heterocycles. The Kier molecular flexibility index (Phi) is 5.01. The van der Waals surface area contributed by atoms with E-state index in [2.05, 4.69) is 9.97 Å². The van der Waals surface area contributed by atoms with Gasteiger partial charge < -0.3 is 19.9 Å². The first kappa shape index (κ1) is 21.2. The highest BCUT2D eigenvalue weighted by atomic mass is 19.1. The fraction of sp³-hybridized carbons (Fsp3) is 0.0800. The van der Waals surface area contributed by atoms with Crippen LogP contribution in [-0.2, 0) is 9.59 Å². The number of anilines is 1. The molecule has 1 aliphatic heterocycles. The molecular formula is C25H18FN3O5. The molecule has 3 aromatic carbocycles. The van der Waals surface area contributed by atoms with E-state index < -0.39 is 29.3 Å². The van der Waals surface area contributed by atoms with Crippen LogP contribution in [-0.4, -0.2) is 39.0 Å². The molecule has 0 aliphatic carbocycles. The standard InChI is InChI=1S/C25H18FN3O5/c1-34-19-11-8-14(26)12-16(19)22(31)20-21(13-6-9-15(30)10-7-13)29(24(33)23(20)32)25-27-17-4-2-3-5-18(17)28-25/h2-12,21,30-31H,1H3,(H,27,28)/b22-20+. The number of nitrogens with one attached hydrogen (secondary N) is 1. The van der Waals surface area contributed by atoms with Crippen LogP contribution in [0.25, 0.3) is 16.8 Å². The van der Waals surface area contributed by atoms with Gasteiger partial charge in [0, 0.05) is 0 Å². The molecule has 9 heteroatoms. The molecular weight excluding hydrogens is 441 g/mol. The van der Waals surface area contributed by atoms with Crippen LogP contribution in [0.2, 0.25) is 0 Å². The smallest absolute Gasteiger partial charge is 0.302 e. The average Bonchev–Trinajstić information content (AvgIpc) is 3.37. The number of aromatic hydroxyl groups is 1. The first-order valence-corrected chi connectivity index (χ1v) is 10.3. The van der Waals surface area contributed by atoms with Gasteiger partial charge in [-0.1, -0.05) is 24.3 Å². The number of ether oxygens (including phenoxy) is 1. The average molecular weight is 459 g/mol.